The smallest absolute Gasteiger partial charge is 0.315 e. The summed E-state index contributed by atoms with van der Waals surface area (Å²) in [5.74, 6) is 1.17. The number of hydrogen-bond acceptors (Lipinski definition) is 3. The first kappa shape index (κ1) is 8.81. The van der Waals surface area contributed by atoms with Gasteiger partial charge in [-0.15, -0.1) is 0 Å². The van der Waals surface area contributed by atoms with Crippen LogP contribution in [-0.2, 0) is 9.53 Å². The first-order valence-electron chi connectivity index (χ1n) is 4.35. The van der Waals surface area contributed by atoms with Gasteiger partial charge < -0.3 is 9.47 Å². The average Bonchev–Trinajstić information content (AvgIpc) is 2.65. The molecule has 1 aromatic carbocycles. The van der Waals surface area contributed by atoms with E-state index >= 15 is 0 Å². The molecule has 3 nitrogen and oxygen atoms in total. The quantitative estimate of drug-likeness (QED) is 0.669. The Morgan fingerprint density at radius 3 is 2.93 bits per heavy atom. The number of carbonyl (C=O) groups excluding carboxylic acids is 1. The fourth-order valence-corrected chi connectivity index (χ4v) is 1.34. The second-order valence-corrected chi connectivity index (χ2v) is 2.98. The van der Waals surface area contributed by atoms with Crippen LogP contribution in [0.4, 0.5) is 0 Å². The van der Waals surface area contributed by atoms with E-state index in [2.05, 4.69) is 0 Å². The van der Waals surface area contributed by atoms with E-state index in [9.17, 15) is 4.79 Å². The molecule has 1 aromatic rings. The lowest BCUT2D eigenvalue weighted by Gasteiger charge is -2.04. The summed E-state index contributed by atoms with van der Waals surface area (Å²) < 4.78 is 10.1. The van der Waals surface area contributed by atoms with E-state index in [1.54, 1.807) is 13.2 Å². The maximum atomic E-state index is 10.9. The molecule has 1 heterocycles. The molecule has 2 rings (SSSR count). The van der Waals surface area contributed by atoms with Crippen LogP contribution in [0.1, 0.15) is 12.0 Å². The number of methoxy groups -OCH3 is 1. The highest BCUT2D eigenvalue weighted by Crippen LogP contribution is 2.25. The molecule has 0 unspecified atom stereocenters. The van der Waals surface area contributed by atoms with Crippen molar-refractivity contribution >= 4 is 11.7 Å². The van der Waals surface area contributed by atoms with Gasteiger partial charge in [0.25, 0.3) is 0 Å². The molecule has 14 heavy (non-hydrogen) atoms. The standard InChI is InChI=1S/C11H10O3/c1-13-9-4-2-3-8(7-9)10-5-6-11(12)14-10/h2-5,7H,6H2,1H3. The Morgan fingerprint density at radius 2 is 2.29 bits per heavy atom. The van der Waals surface area contributed by atoms with Crippen molar-refractivity contribution < 1.29 is 14.3 Å². The number of cyclic esters (lactones) is 1. The van der Waals surface area contributed by atoms with Gasteiger partial charge in [-0.25, -0.2) is 0 Å². The summed E-state index contributed by atoms with van der Waals surface area (Å²) in [4.78, 5) is 10.9. The zero-order chi connectivity index (χ0) is 9.97. The SMILES string of the molecule is COc1cccc(C2=CCC(=O)O2)c1. The van der Waals surface area contributed by atoms with Gasteiger partial charge >= 0.3 is 5.97 Å². The maximum absolute atomic E-state index is 10.9. The van der Waals surface area contributed by atoms with Crippen molar-refractivity contribution in [3.05, 3.63) is 35.9 Å². The molecule has 1 aliphatic rings. The van der Waals surface area contributed by atoms with Crippen molar-refractivity contribution in [2.45, 2.75) is 6.42 Å². The van der Waals surface area contributed by atoms with Crippen LogP contribution < -0.4 is 4.74 Å². The lowest BCUT2D eigenvalue weighted by Crippen LogP contribution is -1.93. The third kappa shape index (κ3) is 1.62. The summed E-state index contributed by atoms with van der Waals surface area (Å²) >= 11 is 0. The topological polar surface area (TPSA) is 35.5 Å². The molecule has 0 saturated carbocycles. The molecule has 0 radical (unpaired) electrons. The van der Waals surface area contributed by atoms with E-state index in [1.807, 2.05) is 24.3 Å². The summed E-state index contributed by atoms with van der Waals surface area (Å²) in [7, 11) is 1.61. The fraction of sp³-hybridized carbons (Fsp3) is 0.182. The Bertz CT molecular complexity index is 393. The van der Waals surface area contributed by atoms with E-state index in [1.165, 1.54) is 0 Å². The molecule has 72 valence electrons. The van der Waals surface area contributed by atoms with Gasteiger partial charge in [-0.05, 0) is 18.2 Å². The molecule has 0 aliphatic carbocycles. The third-order valence-corrected chi connectivity index (χ3v) is 2.03. The molecule has 0 atom stereocenters. The zero-order valence-corrected chi connectivity index (χ0v) is 7.82. The Morgan fingerprint density at radius 1 is 1.43 bits per heavy atom. The first-order chi connectivity index (χ1) is 6.79. The minimum absolute atomic E-state index is 0.206. The summed E-state index contributed by atoms with van der Waals surface area (Å²) in [6.45, 7) is 0. The van der Waals surface area contributed by atoms with Crippen LogP contribution in [0.3, 0.4) is 0 Å². The molecule has 0 amide bonds. The maximum Gasteiger partial charge on any atom is 0.315 e. The highest BCUT2D eigenvalue weighted by atomic mass is 16.5. The molecule has 0 saturated heterocycles. The molecule has 3 heteroatoms. The fourth-order valence-electron chi connectivity index (χ4n) is 1.34. The Hall–Kier alpha value is -1.77. The van der Waals surface area contributed by atoms with E-state index in [0.717, 1.165) is 11.3 Å². The number of ether oxygens (including phenoxy) is 2. The van der Waals surface area contributed by atoms with Crippen molar-refractivity contribution in [2.24, 2.45) is 0 Å². The monoisotopic (exact) mass is 190 g/mol. The van der Waals surface area contributed by atoms with Crippen molar-refractivity contribution in [1.29, 1.82) is 0 Å². The predicted octanol–water partition coefficient (Wildman–Crippen LogP) is 1.98. The van der Waals surface area contributed by atoms with Gasteiger partial charge in [0.1, 0.15) is 11.5 Å². The van der Waals surface area contributed by atoms with Gasteiger partial charge in [-0.2, -0.15) is 0 Å². The minimum Gasteiger partial charge on any atom is -0.497 e. The third-order valence-electron chi connectivity index (χ3n) is 2.03. The number of carbonyl (C=O) groups is 1. The summed E-state index contributed by atoms with van der Waals surface area (Å²) in [6.07, 6.45) is 2.13. The summed E-state index contributed by atoms with van der Waals surface area (Å²) in [6, 6.07) is 7.43. The van der Waals surface area contributed by atoms with E-state index < -0.39 is 0 Å². The molecular formula is C11H10O3. The van der Waals surface area contributed by atoms with Crippen molar-refractivity contribution in [3.63, 3.8) is 0 Å². The lowest BCUT2D eigenvalue weighted by molar-refractivity contribution is -0.134. The molecule has 0 N–H and O–H groups in total. The average molecular weight is 190 g/mol. The molecule has 0 fully saturated rings. The highest BCUT2D eigenvalue weighted by molar-refractivity contribution is 5.85. The van der Waals surface area contributed by atoms with Crippen molar-refractivity contribution in [3.8, 4) is 5.75 Å². The second-order valence-electron chi connectivity index (χ2n) is 2.98. The van der Waals surface area contributed by atoms with Crippen LogP contribution in [0.15, 0.2) is 30.3 Å². The molecule has 0 spiro atoms. The van der Waals surface area contributed by atoms with Gasteiger partial charge in [-0.1, -0.05) is 12.1 Å². The Kier molecular flexibility index (Phi) is 2.23. The van der Waals surface area contributed by atoms with Crippen molar-refractivity contribution in [1.82, 2.24) is 0 Å². The van der Waals surface area contributed by atoms with Gasteiger partial charge in [0.2, 0.25) is 0 Å². The van der Waals surface area contributed by atoms with E-state index in [0.29, 0.717) is 12.2 Å². The first-order valence-corrected chi connectivity index (χ1v) is 4.35. The van der Waals surface area contributed by atoms with Gasteiger partial charge in [0.05, 0.1) is 13.5 Å². The number of esters is 1. The number of benzene rings is 1. The van der Waals surface area contributed by atoms with Crippen molar-refractivity contribution in [2.75, 3.05) is 7.11 Å². The van der Waals surface area contributed by atoms with Crippen LogP contribution in [0.25, 0.3) is 5.76 Å². The number of hydrogen-bond donors (Lipinski definition) is 0. The lowest BCUT2D eigenvalue weighted by atomic mass is 10.2. The summed E-state index contributed by atoms with van der Waals surface area (Å²) in [5.41, 5.74) is 0.871. The second kappa shape index (κ2) is 3.54. The van der Waals surface area contributed by atoms with Crippen LogP contribution in [0.2, 0.25) is 0 Å². The predicted molar refractivity (Wildman–Crippen MR) is 51.7 cm³/mol. The molecule has 0 bridgehead atoms. The largest absolute Gasteiger partial charge is 0.497 e. The normalized spacial score (nSPS) is 14.9. The van der Waals surface area contributed by atoms with Crippen LogP contribution >= 0.6 is 0 Å². The van der Waals surface area contributed by atoms with Gasteiger partial charge in [0, 0.05) is 5.56 Å². The Balaban J connectivity index is 2.28. The van der Waals surface area contributed by atoms with Gasteiger partial charge in [0.15, 0.2) is 0 Å². The van der Waals surface area contributed by atoms with E-state index in [-0.39, 0.29) is 5.97 Å². The molecule has 0 aromatic heterocycles. The molecular weight excluding hydrogens is 180 g/mol. The van der Waals surface area contributed by atoms with Crippen LogP contribution in [0, 0.1) is 0 Å². The highest BCUT2D eigenvalue weighted by Gasteiger charge is 2.15. The Labute approximate surface area is 81.9 Å². The number of rotatable bonds is 2. The molecule has 1 aliphatic heterocycles. The van der Waals surface area contributed by atoms with E-state index in [4.69, 9.17) is 9.47 Å². The van der Waals surface area contributed by atoms with Crippen LogP contribution in [0.5, 0.6) is 5.75 Å². The minimum atomic E-state index is -0.206. The van der Waals surface area contributed by atoms with Crippen LogP contribution in [-0.4, -0.2) is 13.1 Å². The summed E-state index contributed by atoms with van der Waals surface area (Å²) in [5, 5.41) is 0. The van der Waals surface area contributed by atoms with Gasteiger partial charge in [-0.3, -0.25) is 4.79 Å². The zero-order valence-electron chi connectivity index (χ0n) is 7.82.